The predicted octanol–water partition coefficient (Wildman–Crippen LogP) is 5.33. The van der Waals surface area contributed by atoms with Gasteiger partial charge in [0.05, 0.1) is 12.0 Å². The molecule has 3 heterocycles. The van der Waals surface area contributed by atoms with Crippen molar-refractivity contribution in [3.63, 3.8) is 0 Å². The molecule has 1 amide bonds. The second-order valence-electron chi connectivity index (χ2n) is 8.80. The molecule has 1 fully saturated rings. The largest absolute Gasteiger partial charge is 0.497 e. The van der Waals surface area contributed by atoms with Crippen LogP contribution in [-0.2, 0) is 12.8 Å². The monoisotopic (exact) mass is 498 g/mol. The molecule has 0 aliphatic carbocycles. The lowest BCUT2D eigenvalue weighted by molar-refractivity contribution is 0.0751. The summed E-state index contributed by atoms with van der Waals surface area (Å²) < 4.78 is 5.46. The Morgan fingerprint density at radius 3 is 2.47 bits per heavy atom. The molecule has 0 saturated carbocycles. The Labute approximate surface area is 216 Å². The van der Waals surface area contributed by atoms with Gasteiger partial charge >= 0.3 is 0 Å². The van der Waals surface area contributed by atoms with Gasteiger partial charge < -0.3 is 14.5 Å². The van der Waals surface area contributed by atoms with E-state index in [1.54, 1.807) is 7.11 Å². The molecule has 0 N–H and O–H groups in total. The molecule has 0 radical (unpaired) electrons. The summed E-state index contributed by atoms with van der Waals surface area (Å²) in [5, 5.41) is 1.95. The highest BCUT2D eigenvalue weighted by atomic mass is 32.1. The molecule has 0 spiro atoms. The van der Waals surface area contributed by atoms with Gasteiger partial charge in [-0.15, -0.1) is 11.3 Å². The Bertz CT molecular complexity index is 1320. The highest BCUT2D eigenvalue weighted by Gasteiger charge is 2.26. The molecule has 1 saturated heterocycles. The first-order chi connectivity index (χ1) is 17.7. The molecule has 2 aromatic heterocycles. The maximum atomic E-state index is 12.9. The van der Waals surface area contributed by atoms with E-state index in [-0.39, 0.29) is 5.91 Å². The van der Waals surface area contributed by atoms with E-state index in [1.807, 2.05) is 52.7 Å². The van der Waals surface area contributed by atoms with Gasteiger partial charge in [-0.1, -0.05) is 55.5 Å². The molecule has 1 aliphatic heterocycles. The molecule has 7 heteroatoms. The van der Waals surface area contributed by atoms with Gasteiger partial charge in [0, 0.05) is 49.4 Å². The fraction of sp³-hybridized carbons (Fsp3) is 0.276. The summed E-state index contributed by atoms with van der Waals surface area (Å²) >= 11 is 1.50. The van der Waals surface area contributed by atoms with Gasteiger partial charge in [-0.3, -0.25) is 4.79 Å². The Morgan fingerprint density at radius 2 is 1.78 bits per heavy atom. The van der Waals surface area contributed by atoms with Gasteiger partial charge in [0.2, 0.25) is 0 Å². The molecule has 0 unspecified atom stereocenters. The second kappa shape index (κ2) is 10.9. The number of aromatic nitrogens is 2. The maximum absolute atomic E-state index is 12.9. The molecule has 5 rings (SSSR count). The van der Waals surface area contributed by atoms with Gasteiger partial charge in [0.15, 0.2) is 5.82 Å². The molecule has 0 bridgehead atoms. The molecule has 4 aromatic rings. The molecule has 36 heavy (non-hydrogen) atoms. The SMILES string of the molecule is CCc1nc(-c2ccccc2)nc(N2CCN(C(=O)c3cccs3)CC2)c1Cc1cccc(OC)c1. The number of methoxy groups -OCH3 is 1. The van der Waals surface area contributed by atoms with Crippen LogP contribution >= 0.6 is 11.3 Å². The van der Waals surface area contributed by atoms with Crippen LogP contribution in [0.4, 0.5) is 5.82 Å². The number of ether oxygens (including phenoxy) is 1. The van der Waals surface area contributed by atoms with Gasteiger partial charge in [-0.05, 0) is 35.6 Å². The van der Waals surface area contributed by atoms with Crippen molar-refractivity contribution in [3.8, 4) is 17.1 Å². The molecular formula is C29H30N4O2S. The van der Waals surface area contributed by atoms with Crippen LogP contribution in [0.3, 0.4) is 0 Å². The van der Waals surface area contributed by atoms with Gasteiger partial charge in [-0.2, -0.15) is 0 Å². The lowest BCUT2D eigenvalue weighted by atomic mass is 10.0. The Morgan fingerprint density at radius 1 is 0.972 bits per heavy atom. The van der Waals surface area contributed by atoms with E-state index < -0.39 is 0 Å². The lowest BCUT2D eigenvalue weighted by Gasteiger charge is -2.36. The Kier molecular flexibility index (Phi) is 7.28. The number of rotatable bonds is 7. The van der Waals surface area contributed by atoms with Gasteiger partial charge in [0.25, 0.3) is 5.91 Å². The minimum absolute atomic E-state index is 0.114. The lowest BCUT2D eigenvalue weighted by Crippen LogP contribution is -2.49. The zero-order chi connectivity index (χ0) is 24.9. The van der Waals surface area contributed by atoms with E-state index in [0.717, 1.165) is 70.6 Å². The van der Waals surface area contributed by atoms with Crippen molar-refractivity contribution in [3.05, 3.63) is 93.8 Å². The zero-order valence-electron chi connectivity index (χ0n) is 20.7. The summed E-state index contributed by atoms with van der Waals surface area (Å²) in [4.78, 5) is 28.1. The molecule has 0 atom stereocenters. The van der Waals surface area contributed by atoms with Crippen molar-refractivity contribution in [2.24, 2.45) is 0 Å². The van der Waals surface area contributed by atoms with Crippen molar-refractivity contribution < 1.29 is 9.53 Å². The van der Waals surface area contributed by atoms with Crippen molar-refractivity contribution >= 4 is 23.1 Å². The number of piperazine rings is 1. The van der Waals surface area contributed by atoms with Gasteiger partial charge in [-0.25, -0.2) is 9.97 Å². The number of aryl methyl sites for hydroxylation is 1. The summed E-state index contributed by atoms with van der Waals surface area (Å²) in [6.07, 6.45) is 1.53. The Hall–Kier alpha value is -3.71. The van der Waals surface area contributed by atoms with Crippen LogP contribution in [0.25, 0.3) is 11.4 Å². The highest BCUT2D eigenvalue weighted by Crippen LogP contribution is 2.30. The van der Waals surface area contributed by atoms with Crippen molar-refractivity contribution in [2.75, 3.05) is 38.2 Å². The number of carbonyl (C=O) groups is 1. The second-order valence-corrected chi connectivity index (χ2v) is 9.75. The quantitative estimate of drug-likeness (QED) is 0.345. The topological polar surface area (TPSA) is 58.6 Å². The summed E-state index contributed by atoms with van der Waals surface area (Å²) in [7, 11) is 1.69. The summed E-state index contributed by atoms with van der Waals surface area (Å²) in [5.41, 5.74) is 4.36. The first-order valence-electron chi connectivity index (χ1n) is 12.3. The molecule has 184 valence electrons. The molecule has 6 nitrogen and oxygen atoms in total. The third-order valence-corrected chi connectivity index (χ3v) is 7.41. The van der Waals surface area contributed by atoms with Crippen LogP contribution in [0.15, 0.2) is 72.1 Å². The summed E-state index contributed by atoms with van der Waals surface area (Å²) in [5.74, 6) is 2.67. The zero-order valence-corrected chi connectivity index (χ0v) is 21.5. The average Bonchev–Trinajstić information content (AvgIpc) is 3.48. The number of anilines is 1. The van der Waals surface area contributed by atoms with Gasteiger partial charge in [0.1, 0.15) is 11.6 Å². The van der Waals surface area contributed by atoms with Crippen molar-refractivity contribution in [2.45, 2.75) is 19.8 Å². The number of thiophene rings is 1. The van der Waals surface area contributed by atoms with E-state index in [1.165, 1.54) is 11.3 Å². The molecule has 2 aromatic carbocycles. The Balaban J connectivity index is 1.49. The smallest absolute Gasteiger partial charge is 0.264 e. The fourth-order valence-corrected chi connectivity index (χ4v) is 5.32. The van der Waals surface area contributed by atoms with E-state index in [4.69, 9.17) is 14.7 Å². The van der Waals surface area contributed by atoms with Crippen LogP contribution in [0.2, 0.25) is 0 Å². The normalized spacial score (nSPS) is 13.6. The number of amides is 1. The summed E-state index contributed by atoms with van der Waals surface area (Å²) in [6, 6.07) is 22.2. The van der Waals surface area contributed by atoms with Crippen LogP contribution in [0.5, 0.6) is 5.75 Å². The molecule has 1 aliphatic rings. The number of carbonyl (C=O) groups excluding carboxylic acids is 1. The van der Waals surface area contributed by atoms with E-state index in [0.29, 0.717) is 13.1 Å². The average molecular weight is 499 g/mol. The predicted molar refractivity (Wildman–Crippen MR) is 145 cm³/mol. The van der Waals surface area contributed by atoms with E-state index in [9.17, 15) is 4.79 Å². The minimum atomic E-state index is 0.114. The number of hydrogen-bond donors (Lipinski definition) is 0. The van der Waals surface area contributed by atoms with E-state index >= 15 is 0 Å². The number of nitrogens with zero attached hydrogens (tertiary/aromatic N) is 4. The number of benzene rings is 2. The maximum Gasteiger partial charge on any atom is 0.264 e. The fourth-order valence-electron chi connectivity index (χ4n) is 4.63. The number of hydrogen-bond acceptors (Lipinski definition) is 6. The van der Waals surface area contributed by atoms with Crippen molar-refractivity contribution in [1.29, 1.82) is 0 Å². The van der Waals surface area contributed by atoms with Crippen molar-refractivity contribution in [1.82, 2.24) is 14.9 Å². The third-order valence-electron chi connectivity index (χ3n) is 6.55. The highest BCUT2D eigenvalue weighted by molar-refractivity contribution is 7.12. The minimum Gasteiger partial charge on any atom is -0.497 e. The van der Waals surface area contributed by atoms with Crippen LogP contribution in [-0.4, -0.2) is 54.1 Å². The van der Waals surface area contributed by atoms with E-state index in [2.05, 4.69) is 36.1 Å². The van der Waals surface area contributed by atoms with Crippen LogP contribution < -0.4 is 9.64 Å². The first kappa shape index (κ1) is 24.0. The van der Waals surface area contributed by atoms with Crippen LogP contribution in [0.1, 0.15) is 33.4 Å². The third kappa shape index (κ3) is 5.11. The first-order valence-corrected chi connectivity index (χ1v) is 13.2. The summed E-state index contributed by atoms with van der Waals surface area (Å²) in [6.45, 7) is 4.95. The van der Waals surface area contributed by atoms with Crippen LogP contribution in [0, 0.1) is 0 Å². The standard InChI is InChI=1S/C29H30N4O2S/c1-3-25-24(20-21-9-7-12-23(19-21)35-2)28(31-27(30-25)22-10-5-4-6-11-22)32-14-16-33(17-15-32)29(34)26-13-8-18-36-26/h4-13,18-19H,3,14-17,20H2,1-2H3. The molecular weight excluding hydrogens is 468 g/mol.